The quantitative estimate of drug-likeness (QED) is 0.473. The SMILES string of the molecule is CC1=C(C)C(C([Si]c2cc(C)cc([Si](C)(C)C)c2)c2cc(C)ccc2C)C(C)=C1C. The topological polar surface area (TPSA) is 0 Å². The molecular formula is C28H38Si2. The molecule has 0 bridgehead atoms. The molecule has 0 amide bonds. The van der Waals surface area contributed by atoms with Gasteiger partial charge in [-0.05, 0) is 76.3 Å². The number of hydrogen-bond acceptors (Lipinski definition) is 0. The highest BCUT2D eigenvalue weighted by Crippen LogP contribution is 2.44. The highest BCUT2D eigenvalue weighted by molar-refractivity contribution is 6.89. The molecule has 0 aliphatic heterocycles. The molecule has 0 spiro atoms. The van der Waals surface area contributed by atoms with Crippen molar-refractivity contribution in [3.05, 3.63) is 80.9 Å². The molecule has 2 radical (unpaired) electrons. The van der Waals surface area contributed by atoms with E-state index in [1.807, 2.05) is 0 Å². The third kappa shape index (κ3) is 4.50. The van der Waals surface area contributed by atoms with E-state index in [1.165, 1.54) is 38.6 Å². The molecule has 0 saturated carbocycles. The van der Waals surface area contributed by atoms with Gasteiger partial charge in [-0.15, -0.1) is 0 Å². The van der Waals surface area contributed by atoms with Crippen LogP contribution in [-0.4, -0.2) is 17.6 Å². The maximum atomic E-state index is 2.53. The normalized spacial score (nSPS) is 16.6. The van der Waals surface area contributed by atoms with E-state index in [-0.39, 0.29) is 0 Å². The van der Waals surface area contributed by atoms with Gasteiger partial charge >= 0.3 is 0 Å². The van der Waals surface area contributed by atoms with Crippen LogP contribution in [0.3, 0.4) is 0 Å². The first kappa shape index (κ1) is 23.0. The van der Waals surface area contributed by atoms with Gasteiger partial charge in [-0.2, -0.15) is 0 Å². The van der Waals surface area contributed by atoms with Gasteiger partial charge < -0.3 is 0 Å². The van der Waals surface area contributed by atoms with Crippen LogP contribution in [0.2, 0.25) is 19.6 Å². The zero-order valence-corrected chi connectivity index (χ0v) is 22.6. The lowest BCUT2D eigenvalue weighted by Crippen LogP contribution is -2.41. The van der Waals surface area contributed by atoms with Crippen LogP contribution in [0.15, 0.2) is 58.7 Å². The van der Waals surface area contributed by atoms with E-state index in [0.717, 1.165) is 9.52 Å². The largest absolute Gasteiger partial charge is 0.0900 e. The van der Waals surface area contributed by atoms with Crippen molar-refractivity contribution in [2.24, 2.45) is 5.92 Å². The van der Waals surface area contributed by atoms with Gasteiger partial charge in [0.1, 0.15) is 0 Å². The Morgan fingerprint density at radius 2 is 1.33 bits per heavy atom. The second-order valence-electron chi connectivity index (χ2n) is 10.4. The molecule has 1 aliphatic carbocycles. The minimum Gasteiger partial charge on any atom is -0.0656 e. The third-order valence-corrected chi connectivity index (χ3v) is 10.6. The van der Waals surface area contributed by atoms with Crippen LogP contribution in [0, 0.1) is 26.7 Å². The van der Waals surface area contributed by atoms with Crippen LogP contribution in [0.4, 0.5) is 0 Å². The highest BCUT2D eigenvalue weighted by Gasteiger charge is 2.34. The smallest absolute Gasteiger partial charge is 0.0656 e. The minimum atomic E-state index is -1.34. The molecule has 0 fully saturated rings. The van der Waals surface area contributed by atoms with Crippen molar-refractivity contribution >= 4 is 28.0 Å². The lowest BCUT2D eigenvalue weighted by molar-refractivity contribution is 0.683. The molecule has 0 aromatic heterocycles. The summed E-state index contributed by atoms with van der Waals surface area (Å²) in [5.74, 6) is 0.514. The fraction of sp³-hybridized carbons (Fsp3) is 0.429. The molecule has 2 aromatic rings. The predicted octanol–water partition coefficient (Wildman–Crippen LogP) is 6.53. The van der Waals surface area contributed by atoms with E-state index >= 15 is 0 Å². The average Bonchev–Trinajstić information content (AvgIpc) is 2.84. The molecule has 1 aliphatic rings. The van der Waals surface area contributed by atoms with Crippen LogP contribution in [-0.2, 0) is 0 Å². The van der Waals surface area contributed by atoms with E-state index in [2.05, 4.69) is 105 Å². The average molecular weight is 431 g/mol. The van der Waals surface area contributed by atoms with E-state index < -0.39 is 8.07 Å². The lowest BCUT2D eigenvalue weighted by atomic mass is 9.87. The molecule has 3 rings (SSSR count). The first-order valence-electron chi connectivity index (χ1n) is 11.2. The van der Waals surface area contributed by atoms with Crippen molar-refractivity contribution in [1.29, 1.82) is 0 Å². The third-order valence-electron chi connectivity index (χ3n) is 7.05. The Morgan fingerprint density at radius 1 is 0.733 bits per heavy atom. The Balaban J connectivity index is 2.15. The number of benzene rings is 2. The van der Waals surface area contributed by atoms with Crippen molar-refractivity contribution in [2.75, 3.05) is 0 Å². The van der Waals surface area contributed by atoms with E-state index in [9.17, 15) is 0 Å². The number of allylic oxidation sites excluding steroid dienone is 4. The van der Waals surface area contributed by atoms with Gasteiger partial charge in [0, 0.05) is 5.92 Å². The number of hydrogen-bond donors (Lipinski definition) is 0. The van der Waals surface area contributed by atoms with E-state index in [4.69, 9.17) is 0 Å². The maximum absolute atomic E-state index is 2.53. The van der Waals surface area contributed by atoms with Gasteiger partial charge in [0.25, 0.3) is 0 Å². The van der Waals surface area contributed by atoms with Gasteiger partial charge in [0.2, 0.25) is 0 Å². The van der Waals surface area contributed by atoms with Crippen LogP contribution < -0.4 is 10.4 Å². The second-order valence-corrected chi connectivity index (χ2v) is 17.0. The number of aryl methyl sites for hydroxylation is 3. The van der Waals surface area contributed by atoms with Gasteiger partial charge in [-0.25, -0.2) is 0 Å². The molecule has 2 heteroatoms. The molecule has 158 valence electrons. The Labute approximate surface area is 188 Å². The van der Waals surface area contributed by atoms with E-state index in [1.54, 1.807) is 16.3 Å². The van der Waals surface area contributed by atoms with Gasteiger partial charge in [-0.1, -0.05) is 88.7 Å². The first-order chi connectivity index (χ1) is 13.9. The van der Waals surface area contributed by atoms with Gasteiger partial charge in [-0.3, -0.25) is 0 Å². The minimum absolute atomic E-state index is 0.508. The van der Waals surface area contributed by atoms with Crippen molar-refractivity contribution in [1.82, 2.24) is 0 Å². The van der Waals surface area contributed by atoms with Crippen molar-refractivity contribution in [2.45, 2.75) is 73.6 Å². The Kier molecular flexibility index (Phi) is 6.50. The summed E-state index contributed by atoms with van der Waals surface area (Å²) in [5, 5.41) is 3.11. The molecule has 0 heterocycles. The van der Waals surface area contributed by atoms with Gasteiger partial charge in [0.05, 0.1) is 17.6 Å². The monoisotopic (exact) mass is 430 g/mol. The molecule has 0 saturated heterocycles. The lowest BCUT2D eigenvalue weighted by Gasteiger charge is -2.29. The Hall–Kier alpha value is -1.65. The summed E-state index contributed by atoms with van der Waals surface area (Å²) in [5.41, 5.74) is 12.4. The fourth-order valence-electron chi connectivity index (χ4n) is 4.80. The zero-order valence-electron chi connectivity index (χ0n) is 20.6. The molecule has 1 unspecified atom stereocenters. The fourth-order valence-corrected chi connectivity index (χ4v) is 8.23. The predicted molar refractivity (Wildman–Crippen MR) is 138 cm³/mol. The van der Waals surface area contributed by atoms with Crippen molar-refractivity contribution in [3.63, 3.8) is 0 Å². The second kappa shape index (κ2) is 8.47. The highest BCUT2D eigenvalue weighted by atomic mass is 28.3. The molecule has 30 heavy (non-hydrogen) atoms. The summed E-state index contributed by atoms with van der Waals surface area (Å²) in [4.78, 5) is 0. The Morgan fingerprint density at radius 3 is 1.90 bits per heavy atom. The number of rotatable bonds is 5. The Bertz CT molecular complexity index is 1010. The first-order valence-corrected chi connectivity index (χ1v) is 15.8. The summed E-state index contributed by atoms with van der Waals surface area (Å²) >= 11 is 0. The van der Waals surface area contributed by atoms with Gasteiger partial charge in [0.15, 0.2) is 0 Å². The van der Waals surface area contributed by atoms with Crippen LogP contribution in [0.25, 0.3) is 0 Å². The molecule has 0 nitrogen and oxygen atoms in total. The molecular weight excluding hydrogens is 392 g/mol. The van der Waals surface area contributed by atoms with Crippen molar-refractivity contribution in [3.8, 4) is 0 Å². The molecule has 0 N–H and O–H groups in total. The summed E-state index contributed by atoms with van der Waals surface area (Å²) in [7, 11) is -0.564. The maximum Gasteiger partial charge on any atom is 0.0900 e. The summed E-state index contributed by atoms with van der Waals surface area (Å²) < 4.78 is 0. The van der Waals surface area contributed by atoms with Crippen LogP contribution in [0.1, 0.15) is 55.5 Å². The summed E-state index contributed by atoms with van der Waals surface area (Å²) in [6.45, 7) is 23.5. The zero-order chi connectivity index (χ0) is 22.4. The summed E-state index contributed by atoms with van der Waals surface area (Å²) in [6.07, 6.45) is 0. The van der Waals surface area contributed by atoms with E-state index in [0.29, 0.717) is 11.5 Å². The molecule has 1 atom stereocenters. The van der Waals surface area contributed by atoms with Crippen molar-refractivity contribution < 1.29 is 0 Å². The van der Waals surface area contributed by atoms with Crippen LogP contribution >= 0.6 is 0 Å². The van der Waals surface area contributed by atoms with Crippen LogP contribution in [0.5, 0.6) is 0 Å². The standard InChI is InChI=1S/C28H38Si2/c1-17-11-12-19(3)26(15-17)28(27-22(6)20(4)21(5)23(27)7)29-24-13-18(2)14-25(16-24)30(8,9)10/h11-16,27-28H,1-10H3. The molecule has 2 aromatic carbocycles. The summed E-state index contributed by atoms with van der Waals surface area (Å²) in [6, 6.07) is 14.4.